The summed E-state index contributed by atoms with van der Waals surface area (Å²) in [5, 5.41) is 8.92. The Labute approximate surface area is 94.6 Å². The zero-order valence-corrected chi connectivity index (χ0v) is 9.53. The lowest BCUT2D eigenvalue weighted by atomic mass is 10.1. The minimum absolute atomic E-state index is 0.00213. The highest BCUT2D eigenvalue weighted by Crippen LogP contribution is 2.21. The minimum atomic E-state index is -0.475. The maximum absolute atomic E-state index is 10.9. The molecule has 86 valence electrons. The third-order valence-corrected chi connectivity index (χ3v) is 2.27. The number of anilines is 1. The lowest BCUT2D eigenvalue weighted by Crippen LogP contribution is -2.21. The Morgan fingerprint density at radius 2 is 2.25 bits per heavy atom. The Bertz CT molecular complexity index is 440. The Kier molecular flexibility index (Phi) is 3.56. The van der Waals surface area contributed by atoms with Gasteiger partial charge in [-0.15, -0.1) is 0 Å². The van der Waals surface area contributed by atoms with Crippen LogP contribution in [0.15, 0.2) is 6.07 Å². The summed E-state index contributed by atoms with van der Waals surface area (Å²) in [7, 11) is 0. The standard InChI is InChI=1S/C11H16N4O/c1-7(2)3-10-9(13)4-8(5-12)15(10)6-11(14)16/h4,7H,3,6,13H2,1-2H3,(H2,14,16). The smallest absolute Gasteiger partial charge is 0.237 e. The average Bonchev–Trinajstić information content (AvgIpc) is 2.44. The number of carbonyl (C=O) groups is 1. The van der Waals surface area contributed by atoms with Gasteiger partial charge in [-0.1, -0.05) is 13.8 Å². The number of rotatable bonds is 4. The van der Waals surface area contributed by atoms with Crippen LogP contribution in [0.4, 0.5) is 5.69 Å². The van der Waals surface area contributed by atoms with E-state index in [1.807, 2.05) is 19.9 Å². The molecule has 0 aliphatic carbocycles. The first kappa shape index (κ1) is 12.1. The van der Waals surface area contributed by atoms with Gasteiger partial charge >= 0.3 is 0 Å². The molecule has 0 aliphatic heterocycles. The first-order valence-corrected chi connectivity index (χ1v) is 5.12. The highest BCUT2D eigenvalue weighted by atomic mass is 16.1. The second-order valence-electron chi connectivity index (χ2n) is 4.19. The monoisotopic (exact) mass is 220 g/mol. The largest absolute Gasteiger partial charge is 0.397 e. The number of nitrogens with zero attached hydrogens (tertiary/aromatic N) is 2. The summed E-state index contributed by atoms with van der Waals surface area (Å²) in [6.45, 7) is 4.10. The van der Waals surface area contributed by atoms with Gasteiger partial charge < -0.3 is 16.0 Å². The number of hydrogen-bond donors (Lipinski definition) is 2. The summed E-state index contributed by atoms with van der Waals surface area (Å²) in [4.78, 5) is 10.9. The Morgan fingerprint density at radius 3 is 2.69 bits per heavy atom. The van der Waals surface area contributed by atoms with E-state index in [2.05, 4.69) is 0 Å². The van der Waals surface area contributed by atoms with Crippen LogP contribution in [0.5, 0.6) is 0 Å². The number of aromatic nitrogens is 1. The molecular weight excluding hydrogens is 204 g/mol. The predicted octanol–water partition coefficient (Wildman–Crippen LogP) is 0.626. The molecule has 0 aromatic carbocycles. The molecule has 1 rings (SSSR count). The highest BCUT2D eigenvalue weighted by Gasteiger charge is 2.15. The van der Waals surface area contributed by atoms with Crippen molar-refractivity contribution in [2.75, 3.05) is 5.73 Å². The summed E-state index contributed by atoms with van der Waals surface area (Å²) in [6.07, 6.45) is 0.723. The highest BCUT2D eigenvalue weighted by molar-refractivity contribution is 5.74. The molecule has 0 spiro atoms. The molecule has 16 heavy (non-hydrogen) atoms. The van der Waals surface area contributed by atoms with Crippen LogP contribution in [-0.2, 0) is 17.8 Å². The fourth-order valence-electron chi connectivity index (χ4n) is 1.65. The first-order chi connectivity index (χ1) is 7.45. The van der Waals surface area contributed by atoms with Crippen molar-refractivity contribution in [2.24, 2.45) is 11.7 Å². The lowest BCUT2D eigenvalue weighted by Gasteiger charge is -2.11. The Morgan fingerprint density at radius 1 is 1.62 bits per heavy atom. The van der Waals surface area contributed by atoms with Crippen LogP contribution in [0.25, 0.3) is 0 Å². The van der Waals surface area contributed by atoms with Gasteiger partial charge in [0, 0.05) is 5.69 Å². The van der Waals surface area contributed by atoms with Crippen LogP contribution < -0.4 is 11.5 Å². The molecule has 1 heterocycles. The van der Waals surface area contributed by atoms with Gasteiger partial charge in [0.05, 0.1) is 5.69 Å². The Hall–Kier alpha value is -1.96. The van der Waals surface area contributed by atoms with Gasteiger partial charge in [-0.2, -0.15) is 5.26 Å². The van der Waals surface area contributed by atoms with E-state index in [1.54, 1.807) is 10.6 Å². The molecule has 0 atom stereocenters. The topological polar surface area (TPSA) is 97.8 Å². The fourth-order valence-corrected chi connectivity index (χ4v) is 1.65. The number of carbonyl (C=O) groups excluding carboxylic acids is 1. The molecule has 0 fully saturated rings. The molecule has 0 unspecified atom stereocenters. The molecule has 0 radical (unpaired) electrons. The predicted molar refractivity (Wildman–Crippen MR) is 61.3 cm³/mol. The summed E-state index contributed by atoms with van der Waals surface area (Å²) >= 11 is 0. The number of hydrogen-bond acceptors (Lipinski definition) is 3. The van der Waals surface area contributed by atoms with Crippen molar-refractivity contribution in [3.8, 4) is 6.07 Å². The van der Waals surface area contributed by atoms with Crippen molar-refractivity contribution in [3.63, 3.8) is 0 Å². The van der Waals surface area contributed by atoms with Crippen LogP contribution in [-0.4, -0.2) is 10.5 Å². The zero-order chi connectivity index (χ0) is 12.3. The summed E-state index contributed by atoms with van der Waals surface area (Å²) in [5.41, 5.74) is 12.7. The van der Waals surface area contributed by atoms with E-state index in [9.17, 15) is 4.79 Å². The molecule has 0 aliphatic rings. The number of amides is 1. The number of nitriles is 1. The molecule has 4 N–H and O–H groups in total. The van der Waals surface area contributed by atoms with E-state index in [1.165, 1.54) is 0 Å². The number of nitrogens with two attached hydrogens (primary N) is 2. The molecule has 0 bridgehead atoms. The van der Waals surface area contributed by atoms with Crippen LogP contribution in [0.3, 0.4) is 0 Å². The molecule has 0 saturated heterocycles. The third-order valence-electron chi connectivity index (χ3n) is 2.27. The van der Waals surface area contributed by atoms with Gasteiger partial charge in [0.2, 0.25) is 5.91 Å². The average molecular weight is 220 g/mol. The van der Waals surface area contributed by atoms with Crippen molar-refractivity contribution in [1.29, 1.82) is 5.26 Å². The second kappa shape index (κ2) is 4.71. The quantitative estimate of drug-likeness (QED) is 0.778. The molecule has 1 aromatic rings. The summed E-state index contributed by atoms with van der Waals surface area (Å²) < 4.78 is 1.59. The summed E-state index contributed by atoms with van der Waals surface area (Å²) in [6, 6.07) is 3.59. The van der Waals surface area contributed by atoms with Crippen LogP contribution in [0.1, 0.15) is 25.2 Å². The maximum atomic E-state index is 10.9. The van der Waals surface area contributed by atoms with Crippen LogP contribution >= 0.6 is 0 Å². The summed E-state index contributed by atoms with van der Waals surface area (Å²) in [5.74, 6) is -0.0764. The first-order valence-electron chi connectivity index (χ1n) is 5.12. The second-order valence-corrected chi connectivity index (χ2v) is 4.19. The Balaban J connectivity index is 3.18. The molecule has 1 aromatic heterocycles. The van der Waals surface area contributed by atoms with E-state index in [4.69, 9.17) is 16.7 Å². The van der Waals surface area contributed by atoms with Gasteiger partial charge in [-0.05, 0) is 18.4 Å². The van der Waals surface area contributed by atoms with Crippen molar-refractivity contribution in [3.05, 3.63) is 17.5 Å². The molecule has 5 heteroatoms. The van der Waals surface area contributed by atoms with E-state index in [0.29, 0.717) is 17.3 Å². The van der Waals surface area contributed by atoms with Crippen LogP contribution in [0.2, 0.25) is 0 Å². The third kappa shape index (κ3) is 2.54. The molecule has 1 amide bonds. The van der Waals surface area contributed by atoms with E-state index >= 15 is 0 Å². The van der Waals surface area contributed by atoms with Gasteiger partial charge in [-0.3, -0.25) is 4.79 Å². The minimum Gasteiger partial charge on any atom is -0.397 e. The fraction of sp³-hybridized carbons (Fsp3) is 0.455. The van der Waals surface area contributed by atoms with Crippen LogP contribution in [0, 0.1) is 17.2 Å². The SMILES string of the molecule is CC(C)Cc1c(N)cc(C#N)n1CC(N)=O. The lowest BCUT2D eigenvalue weighted by molar-refractivity contribution is -0.118. The van der Waals surface area contributed by atoms with Gasteiger partial charge in [-0.25, -0.2) is 0 Å². The van der Waals surface area contributed by atoms with Crippen molar-refractivity contribution >= 4 is 11.6 Å². The molecule has 5 nitrogen and oxygen atoms in total. The molecular formula is C11H16N4O. The van der Waals surface area contributed by atoms with Gasteiger partial charge in [0.15, 0.2) is 0 Å². The number of nitrogen functional groups attached to an aromatic ring is 1. The van der Waals surface area contributed by atoms with E-state index < -0.39 is 5.91 Å². The van der Waals surface area contributed by atoms with Crippen molar-refractivity contribution in [2.45, 2.75) is 26.8 Å². The van der Waals surface area contributed by atoms with Gasteiger partial charge in [0.25, 0.3) is 0 Å². The zero-order valence-electron chi connectivity index (χ0n) is 9.53. The van der Waals surface area contributed by atoms with E-state index in [0.717, 1.165) is 12.1 Å². The maximum Gasteiger partial charge on any atom is 0.237 e. The molecule has 0 saturated carbocycles. The van der Waals surface area contributed by atoms with Crippen molar-refractivity contribution in [1.82, 2.24) is 4.57 Å². The number of primary amides is 1. The van der Waals surface area contributed by atoms with Gasteiger partial charge in [0.1, 0.15) is 18.3 Å². The van der Waals surface area contributed by atoms with E-state index in [-0.39, 0.29) is 6.54 Å². The normalized spacial score (nSPS) is 10.4. The van der Waals surface area contributed by atoms with Crippen molar-refractivity contribution < 1.29 is 4.79 Å².